The van der Waals surface area contributed by atoms with E-state index >= 15 is 0 Å². The summed E-state index contributed by atoms with van der Waals surface area (Å²) >= 11 is 0. The zero-order valence-corrected chi connectivity index (χ0v) is 12.6. The van der Waals surface area contributed by atoms with Gasteiger partial charge < -0.3 is 14.5 Å². The molecule has 1 aromatic heterocycles. The van der Waals surface area contributed by atoms with Crippen LogP contribution < -0.4 is 10.1 Å². The molecular formula is C19H19NO2. The van der Waals surface area contributed by atoms with Crippen LogP contribution in [0.2, 0.25) is 0 Å². The summed E-state index contributed by atoms with van der Waals surface area (Å²) in [5, 5.41) is 3.06. The van der Waals surface area contributed by atoms with Crippen LogP contribution in [0.3, 0.4) is 0 Å². The second kappa shape index (κ2) is 6.96. The quantitative estimate of drug-likeness (QED) is 0.738. The first kappa shape index (κ1) is 14.4. The number of rotatable bonds is 6. The van der Waals surface area contributed by atoms with Crippen LogP contribution >= 0.6 is 0 Å². The van der Waals surface area contributed by atoms with Crippen molar-refractivity contribution < 1.29 is 9.15 Å². The van der Waals surface area contributed by atoms with Crippen molar-refractivity contribution >= 4 is 0 Å². The smallest absolute Gasteiger partial charge is 0.146 e. The van der Waals surface area contributed by atoms with Crippen molar-refractivity contribution in [3.05, 3.63) is 78.3 Å². The molecule has 0 radical (unpaired) electrons. The monoisotopic (exact) mass is 293 g/mol. The summed E-state index contributed by atoms with van der Waals surface area (Å²) in [6.07, 6.45) is 0. The van der Waals surface area contributed by atoms with Crippen LogP contribution in [-0.4, -0.2) is 7.05 Å². The molecule has 22 heavy (non-hydrogen) atoms. The molecule has 0 aliphatic heterocycles. The molecule has 112 valence electrons. The molecule has 3 nitrogen and oxygen atoms in total. The Morgan fingerprint density at radius 3 is 2.23 bits per heavy atom. The lowest BCUT2D eigenvalue weighted by atomic mass is 10.1. The van der Waals surface area contributed by atoms with Crippen LogP contribution in [0.15, 0.2) is 71.1 Å². The van der Waals surface area contributed by atoms with E-state index in [0.717, 1.165) is 23.8 Å². The Kier molecular flexibility index (Phi) is 4.56. The lowest BCUT2D eigenvalue weighted by molar-refractivity contribution is 0.265. The third kappa shape index (κ3) is 3.57. The van der Waals surface area contributed by atoms with Crippen molar-refractivity contribution in [3.8, 4) is 16.9 Å². The number of furan rings is 1. The summed E-state index contributed by atoms with van der Waals surface area (Å²) in [7, 11) is 1.90. The van der Waals surface area contributed by atoms with Gasteiger partial charge in [-0.25, -0.2) is 0 Å². The minimum Gasteiger partial charge on any atom is -0.486 e. The van der Waals surface area contributed by atoms with E-state index in [2.05, 4.69) is 29.6 Å². The Bertz CT molecular complexity index is 702. The standard InChI is InChI=1S/C19H19NO2/c1-20-13-18-11-12-19(22-18)14-21-17-9-7-16(8-10-17)15-5-3-2-4-6-15/h2-12,20H,13-14H2,1H3. The van der Waals surface area contributed by atoms with Gasteiger partial charge in [0.2, 0.25) is 0 Å². The van der Waals surface area contributed by atoms with Gasteiger partial charge in [0.25, 0.3) is 0 Å². The summed E-state index contributed by atoms with van der Waals surface area (Å²) in [6.45, 7) is 1.17. The maximum atomic E-state index is 5.76. The van der Waals surface area contributed by atoms with Gasteiger partial charge in [0.15, 0.2) is 0 Å². The second-order valence-electron chi connectivity index (χ2n) is 5.08. The van der Waals surface area contributed by atoms with Crippen LogP contribution in [0, 0.1) is 0 Å². The molecule has 0 spiro atoms. The van der Waals surface area contributed by atoms with Crippen LogP contribution in [0.4, 0.5) is 0 Å². The van der Waals surface area contributed by atoms with Gasteiger partial charge in [-0.15, -0.1) is 0 Å². The molecule has 3 heteroatoms. The maximum absolute atomic E-state index is 5.76. The van der Waals surface area contributed by atoms with E-state index in [1.54, 1.807) is 0 Å². The fourth-order valence-corrected chi connectivity index (χ4v) is 2.30. The average Bonchev–Trinajstić information content (AvgIpc) is 3.02. The predicted octanol–water partition coefficient (Wildman–Crippen LogP) is 4.25. The van der Waals surface area contributed by atoms with Gasteiger partial charge in [0, 0.05) is 0 Å². The highest BCUT2D eigenvalue weighted by Crippen LogP contribution is 2.22. The van der Waals surface area contributed by atoms with Crippen LogP contribution in [0.25, 0.3) is 11.1 Å². The molecule has 3 rings (SSSR count). The van der Waals surface area contributed by atoms with Gasteiger partial charge in [-0.05, 0) is 42.4 Å². The molecule has 3 aromatic rings. The van der Waals surface area contributed by atoms with Crippen molar-refractivity contribution in [2.24, 2.45) is 0 Å². The Balaban J connectivity index is 1.61. The highest BCUT2D eigenvalue weighted by molar-refractivity contribution is 5.63. The first-order valence-corrected chi connectivity index (χ1v) is 7.35. The molecule has 0 bridgehead atoms. The molecule has 1 heterocycles. The van der Waals surface area contributed by atoms with E-state index in [0.29, 0.717) is 6.61 Å². The number of benzene rings is 2. The van der Waals surface area contributed by atoms with Gasteiger partial charge in [0.05, 0.1) is 6.54 Å². The summed E-state index contributed by atoms with van der Waals surface area (Å²) in [4.78, 5) is 0. The van der Waals surface area contributed by atoms with Crippen molar-refractivity contribution in [1.29, 1.82) is 0 Å². The summed E-state index contributed by atoms with van der Waals surface area (Å²) < 4.78 is 11.4. The SMILES string of the molecule is CNCc1ccc(COc2ccc(-c3ccccc3)cc2)o1. The molecule has 2 aromatic carbocycles. The number of nitrogens with one attached hydrogen (secondary N) is 1. The van der Waals surface area contributed by atoms with E-state index in [9.17, 15) is 0 Å². The topological polar surface area (TPSA) is 34.4 Å². The average molecular weight is 293 g/mol. The van der Waals surface area contributed by atoms with Crippen LogP contribution in [0.1, 0.15) is 11.5 Å². The molecule has 0 aliphatic carbocycles. The first-order valence-electron chi connectivity index (χ1n) is 7.35. The Morgan fingerprint density at radius 2 is 1.50 bits per heavy atom. The molecule has 0 atom stereocenters. The molecule has 0 unspecified atom stereocenters. The summed E-state index contributed by atoms with van der Waals surface area (Å²) in [6, 6.07) is 22.3. The van der Waals surface area contributed by atoms with Gasteiger partial charge in [-0.1, -0.05) is 42.5 Å². The van der Waals surface area contributed by atoms with Gasteiger partial charge in [-0.3, -0.25) is 0 Å². The Hall–Kier alpha value is -2.52. The lowest BCUT2D eigenvalue weighted by Crippen LogP contribution is -2.03. The minimum absolute atomic E-state index is 0.439. The van der Waals surface area contributed by atoms with E-state index in [1.165, 1.54) is 11.1 Å². The van der Waals surface area contributed by atoms with E-state index in [-0.39, 0.29) is 0 Å². The molecule has 1 N–H and O–H groups in total. The molecule has 0 saturated heterocycles. The Labute approximate surface area is 130 Å². The van der Waals surface area contributed by atoms with Crippen molar-refractivity contribution in [3.63, 3.8) is 0 Å². The summed E-state index contributed by atoms with van der Waals surface area (Å²) in [5.41, 5.74) is 2.39. The first-order chi connectivity index (χ1) is 10.8. The van der Waals surface area contributed by atoms with Gasteiger partial charge in [0.1, 0.15) is 23.9 Å². The molecule has 0 fully saturated rings. The summed E-state index contributed by atoms with van der Waals surface area (Å²) in [5.74, 6) is 2.59. The zero-order chi connectivity index (χ0) is 15.2. The van der Waals surface area contributed by atoms with Crippen molar-refractivity contribution in [2.45, 2.75) is 13.2 Å². The van der Waals surface area contributed by atoms with Gasteiger partial charge >= 0.3 is 0 Å². The van der Waals surface area contributed by atoms with E-state index < -0.39 is 0 Å². The highest BCUT2D eigenvalue weighted by atomic mass is 16.5. The van der Waals surface area contributed by atoms with Gasteiger partial charge in [-0.2, -0.15) is 0 Å². The van der Waals surface area contributed by atoms with Crippen LogP contribution in [0.5, 0.6) is 5.75 Å². The second-order valence-corrected chi connectivity index (χ2v) is 5.08. The third-order valence-corrected chi connectivity index (χ3v) is 3.41. The van der Waals surface area contributed by atoms with E-state index in [4.69, 9.17) is 9.15 Å². The largest absolute Gasteiger partial charge is 0.486 e. The fraction of sp³-hybridized carbons (Fsp3) is 0.158. The zero-order valence-electron chi connectivity index (χ0n) is 12.6. The molecule has 0 saturated carbocycles. The highest BCUT2D eigenvalue weighted by Gasteiger charge is 2.03. The number of hydrogen-bond donors (Lipinski definition) is 1. The number of ether oxygens (including phenoxy) is 1. The maximum Gasteiger partial charge on any atom is 0.146 e. The van der Waals surface area contributed by atoms with Crippen molar-refractivity contribution in [1.82, 2.24) is 5.32 Å². The normalized spacial score (nSPS) is 10.6. The minimum atomic E-state index is 0.439. The number of hydrogen-bond acceptors (Lipinski definition) is 3. The predicted molar refractivity (Wildman–Crippen MR) is 87.7 cm³/mol. The molecular weight excluding hydrogens is 274 g/mol. The van der Waals surface area contributed by atoms with Crippen molar-refractivity contribution in [2.75, 3.05) is 7.05 Å². The third-order valence-electron chi connectivity index (χ3n) is 3.41. The molecule has 0 amide bonds. The molecule has 0 aliphatic rings. The Morgan fingerprint density at radius 1 is 0.818 bits per heavy atom. The van der Waals surface area contributed by atoms with E-state index in [1.807, 2.05) is 49.5 Å². The lowest BCUT2D eigenvalue weighted by Gasteiger charge is -2.06. The van der Waals surface area contributed by atoms with Crippen LogP contribution in [-0.2, 0) is 13.2 Å². The fourth-order valence-electron chi connectivity index (χ4n) is 2.30.